The van der Waals surface area contributed by atoms with Crippen molar-refractivity contribution in [1.82, 2.24) is 0 Å². The van der Waals surface area contributed by atoms with Crippen molar-refractivity contribution in [3.63, 3.8) is 0 Å². The van der Waals surface area contributed by atoms with Crippen LogP contribution in [0.5, 0.6) is 0 Å². The van der Waals surface area contributed by atoms with Crippen LogP contribution in [0.25, 0.3) is 0 Å². The third-order valence-electron chi connectivity index (χ3n) is 2.00. The molecule has 0 spiro atoms. The molecular formula is C12H16Cl2S2. The van der Waals surface area contributed by atoms with Crippen molar-refractivity contribution in [3.05, 3.63) is 35.4 Å². The molecule has 0 saturated heterocycles. The highest BCUT2D eigenvalue weighted by Crippen LogP contribution is 2.16. The maximum absolute atomic E-state index is 5.63. The van der Waals surface area contributed by atoms with Crippen LogP contribution < -0.4 is 0 Å². The van der Waals surface area contributed by atoms with Crippen molar-refractivity contribution in [1.29, 1.82) is 0 Å². The van der Waals surface area contributed by atoms with Crippen molar-refractivity contribution in [3.8, 4) is 0 Å². The summed E-state index contributed by atoms with van der Waals surface area (Å²) >= 11 is 15.0. The summed E-state index contributed by atoms with van der Waals surface area (Å²) in [6, 6.07) is 8.82. The number of thioether (sulfide) groups is 2. The average molecular weight is 295 g/mol. The van der Waals surface area contributed by atoms with Crippen molar-refractivity contribution in [2.45, 2.75) is 11.5 Å². The van der Waals surface area contributed by atoms with Gasteiger partial charge in [-0.1, -0.05) is 24.3 Å². The lowest BCUT2D eigenvalue weighted by molar-refractivity contribution is 1.33. The minimum absolute atomic E-state index is 0.734. The van der Waals surface area contributed by atoms with E-state index in [9.17, 15) is 0 Å². The van der Waals surface area contributed by atoms with Gasteiger partial charge in [-0.2, -0.15) is 23.5 Å². The van der Waals surface area contributed by atoms with Crippen molar-refractivity contribution < 1.29 is 0 Å². The molecule has 0 aromatic heterocycles. The van der Waals surface area contributed by atoms with Gasteiger partial charge in [-0.25, -0.2) is 0 Å². The summed E-state index contributed by atoms with van der Waals surface area (Å²) in [5, 5.41) is 0. The van der Waals surface area contributed by atoms with Gasteiger partial charge in [0.05, 0.1) is 0 Å². The summed E-state index contributed by atoms with van der Waals surface area (Å²) in [7, 11) is 0. The van der Waals surface area contributed by atoms with Gasteiger partial charge in [0, 0.05) is 34.8 Å². The largest absolute Gasteiger partial charge is 0.156 e. The van der Waals surface area contributed by atoms with Crippen LogP contribution in [0.2, 0.25) is 0 Å². The zero-order valence-electron chi connectivity index (χ0n) is 9.12. The smallest absolute Gasteiger partial charge is 0.0314 e. The second-order valence-corrected chi connectivity index (χ2v) is 6.27. The van der Waals surface area contributed by atoms with Crippen molar-refractivity contribution in [2.24, 2.45) is 0 Å². The van der Waals surface area contributed by atoms with E-state index in [1.165, 1.54) is 11.1 Å². The summed E-state index contributed by atoms with van der Waals surface area (Å²) in [5.41, 5.74) is 2.75. The Kier molecular flexibility index (Phi) is 8.67. The number of rotatable bonds is 8. The number of halogens is 2. The molecule has 4 heteroatoms. The minimum atomic E-state index is 0.734. The molecule has 0 heterocycles. The summed E-state index contributed by atoms with van der Waals surface area (Å²) in [6.45, 7) is 0. The quantitative estimate of drug-likeness (QED) is 0.506. The van der Waals surface area contributed by atoms with Crippen LogP contribution in [-0.4, -0.2) is 23.3 Å². The molecule has 0 aliphatic rings. The summed E-state index contributed by atoms with van der Waals surface area (Å²) in [4.78, 5) is 0. The van der Waals surface area contributed by atoms with Gasteiger partial charge in [0.1, 0.15) is 0 Å². The summed E-state index contributed by atoms with van der Waals surface area (Å²) in [6.07, 6.45) is 0. The van der Waals surface area contributed by atoms with Gasteiger partial charge in [0.25, 0.3) is 0 Å². The summed E-state index contributed by atoms with van der Waals surface area (Å²) < 4.78 is 0. The van der Waals surface area contributed by atoms with Crippen LogP contribution in [0, 0.1) is 0 Å². The molecule has 0 amide bonds. The summed E-state index contributed by atoms with van der Waals surface area (Å²) in [5.74, 6) is 5.63. The van der Waals surface area contributed by atoms with Crippen molar-refractivity contribution in [2.75, 3.05) is 23.3 Å². The molecule has 0 aliphatic carbocycles. The Balaban J connectivity index is 2.30. The third-order valence-corrected chi connectivity index (χ3v) is 4.89. The van der Waals surface area contributed by atoms with E-state index in [0.717, 1.165) is 34.8 Å². The molecule has 0 nitrogen and oxygen atoms in total. The van der Waals surface area contributed by atoms with Gasteiger partial charge in [-0.15, -0.1) is 23.2 Å². The van der Waals surface area contributed by atoms with Gasteiger partial charge >= 0.3 is 0 Å². The van der Waals surface area contributed by atoms with Gasteiger partial charge in [0.2, 0.25) is 0 Å². The Morgan fingerprint density at radius 3 is 1.44 bits per heavy atom. The van der Waals surface area contributed by atoms with E-state index in [2.05, 4.69) is 24.3 Å². The lowest BCUT2D eigenvalue weighted by atomic mass is 10.2. The average Bonchev–Trinajstić information content (AvgIpc) is 2.32. The highest BCUT2D eigenvalue weighted by molar-refractivity contribution is 7.98. The second-order valence-electron chi connectivity index (χ2n) is 3.30. The van der Waals surface area contributed by atoms with E-state index in [1.807, 2.05) is 23.5 Å². The molecule has 0 aliphatic heterocycles. The number of alkyl halides is 2. The molecule has 90 valence electrons. The van der Waals surface area contributed by atoms with Crippen LogP contribution in [0.4, 0.5) is 0 Å². The number of hydrogen-bond donors (Lipinski definition) is 0. The first-order chi connectivity index (χ1) is 7.86. The fraction of sp³-hybridized carbons (Fsp3) is 0.500. The van der Waals surface area contributed by atoms with E-state index >= 15 is 0 Å². The zero-order valence-corrected chi connectivity index (χ0v) is 12.3. The van der Waals surface area contributed by atoms with Crippen molar-refractivity contribution >= 4 is 46.7 Å². The molecule has 0 N–H and O–H groups in total. The Hall–Kier alpha value is 0.500. The molecule has 0 radical (unpaired) electrons. The number of benzene rings is 1. The molecule has 0 fully saturated rings. The Morgan fingerprint density at radius 1 is 0.750 bits per heavy atom. The third kappa shape index (κ3) is 6.29. The Labute approximate surface area is 116 Å². The van der Waals surface area contributed by atoms with E-state index in [1.54, 1.807) is 0 Å². The van der Waals surface area contributed by atoms with Crippen LogP contribution in [0.15, 0.2) is 24.3 Å². The molecule has 0 saturated carbocycles. The van der Waals surface area contributed by atoms with Gasteiger partial charge in [-0.3, -0.25) is 0 Å². The number of hydrogen-bond acceptors (Lipinski definition) is 2. The fourth-order valence-corrected chi connectivity index (χ4v) is 3.24. The van der Waals surface area contributed by atoms with Gasteiger partial charge in [0.15, 0.2) is 0 Å². The van der Waals surface area contributed by atoms with Crippen LogP contribution in [0.3, 0.4) is 0 Å². The van der Waals surface area contributed by atoms with E-state index in [4.69, 9.17) is 23.2 Å². The SMILES string of the molecule is ClCCSCc1ccc(CSCCCl)cc1. The van der Waals surface area contributed by atoms with Crippen LogP contribution >= 0.6 is 46.7 Å². The highest BCUT2D eigenvalue weighted by atomic mass is 35.5. The molecule has 0 unspecified atom stereocenters. The molecule has 16 heavy (non-hydrogen) atoms. The van der Waals surface area contributed by atoms with Crippen LogP contribution in [0.1, 0.15) is 11.1 Å². The fourth-order valence-electron chi connectivity index (χ4n) is 1.22. The minimum Gasteiger partial charge on any atom is -0.156 e. The molecule has 0 bridgehead atoms. The monoisotopic (exact) mass is 294 g/mol. The lowest BCUT2D eigenvalue weighted by Gasteiger charge is -2.03. The maximum atomic E-state index is 5.63. The first kappa shape index (κ1) is 14.6. The topological polar surface area (TPSA) is 0 Å². The Bertz CT molecular complexity index is 246. The molecule has 1 rings (SSSR count). The van der Waals surface area contributed by atoms with Gasteiger partial charge < -0.3 is 0 Å². The highest BCUT2D eigenvalue weighted by Gasteiger charge is 1.96. The van der Waals surface area contributed by atoms with Gasteiger partial charge in [-0.05, 0) is 11.1 Å². The van der Waals surface area contributed by atoms with E-state index in [-0.39, 0.29) is 0 Å². The predicted octanol–water partition coefficient (Wildman–Crippen LogP) is 4.63. The standard InChI is InChI=1S/C12H16Cl2S2/c13-5-7-15-9-11-1-2-12(4-3-11)10-16-8-6-14/h1-4H,5-10H2. The first-order valence-electron chi connectivity index (χ1n) is 5.22. The molecule has 0 atom stereocenters. The Morgan fingerprint density at radius 2 is 1.12 bits per heavy atom. The van der Waals surface area contributed by atoms with Crippen LogP contribution in [-0.2, 0) is 11.5 Å². The normalized spacial score (nSPS) is 10.6. The molecule has 1 aromatic rings. The van der Waals surface area contributed by atoms with E-state index < -0.39 is 0 Å². The lowest BCUT2D eigenvalue weighted by Crippen LogP contribution is -1.87. The first-order valence-corrected chi connectivity index (χ1v) is 8.60. The predicted molar refractivity (Wildman–Crippen MR) is 80.2 cm³/mol. The van der Waals surface area contributed by atoms with E-state index in [0.29, 0.717) is 0 Å². The molecule has 1 aromatic carbocycles. The molecular weight excluding hydrogens is 279 g/mol. The zero-order chi connectivity index (χ0) is 11.6. The second kappa shape index (κ2) is 9.52. The maximum Gasteiger partial charge on any atom is 0.0314 e.